The van der Waals surface area contributed by atoms with E-state index >= 15 is 0 Å². The Bertz CT molecular complexity index is 339. The van der Waals surface area contributed by atoms with Crippen LogP contribution in [0, 0.1) is 0 Å². The highest BCUT2D eigenvalue weighted by atomic mass is 32.1. The topological polar surface area (TPSA) is 0 Å². The van der Waals surface area contributed by atoms with Gasteiger partial charge in [-0.3, -0.25) is 0 Å². The molecule has 1 unspecified atom stereocenters. The van der Waals surface area contributed by atoms with Crippen molar-refractivity contribution < 1.29 is 0 Å². The van der Waals surface area contributed by atoms with Crippen molar-refractivity contribution in [1.82, 2.24) is 0 Å². The Hall–Kier alpha value is -0.300. The molecule has 1 heteroatoms. The van der Waals surface area contributed by atoms with Crippen LogP contribution in [0.25, 0.3) is 0 Å². The summed E-state index contributed by atoms with van der Waals surface area (Å²) in [6.07, 6.45) is 12.0. The van der Waals surface area contributed by atoms with E-state index < -0.39 is 0 Å². The van der Waals surface area contributed by atoms with E-state index in [1.54, 1.807) is 9.75 Å². The zero-order valence-corrected chi connectivity index (χ0v) is 14.2. The molecule has 0 bridgehead atoms. The second-order valence-electron chi connectivity index (χ2n) is 6.14. The highest BCUT2D eigenvalue weighted by Crippen LogP contribution is 2.38. The molecule has 0 radical (unpaired) electrons. The zero-order chi connectivity index (χ0) is 14.1. The Morgan fingerprint density at radius 3 is 2.26 bits per heavy atom. The van der Waals surface area contributed by atoms with E-state index in [-0.39, 0.29) is 0 Å². The average molecular weight is 281 g/mol. The number of unbranched alkanes of at least 4 members (excludes halogenated alkanes) is 3. The number of hydrogen-bond acceptors (Lipinski definition) is 1. The first-order valence-electron chi connectivity index (χ1n) is 8.25. The molecule has 0 saturated carbocycles. The van der Waals surface area contributed by atoms with Gasteiger partial charge in [0.25, 0.3) is 0 Å². The van der Waals surface area contributed by atoms with Gasteiger partial charge in [-0.25, -0.2) is 0 Å². The van der Waals surface area contributed by atoms with Crippen LogP contribution in [0.3, 0.4) is 0 Å². The highest BCUT2D eigenvalue weighted by Gasteiger charge is 2.26. The lowest BCUT2D eigenvalue weighted by Gasteiger charge is -2.28. The minimum Gasteiger partial charge on any atom is -0.145 e. The number of hydrogen-bond donors (Lipinski definition) is 0. The number of aryl methyl sites for hydroxylation is 1. The van der Waals surface area contributed by atoms with Crippen molar-refractivity contribution in [3.63, 3.8) is 0 Å². The Balaban J connectivity index is 2.70. The first-order chi connectivity index (χ1) is 9.16. The van der Waals surface area contributed by atoms with E-state index in [1.165, 1.54) is 57.8 Å². The Morgan fingerprint density at radius 2 is 1.63 bits per heavy atom. The monoisotopic (exact) mass is 280 g/mol. The largest absolute Gasteiger partial charge is 0.145 e. The van der Waals surface area contributed by atoms with E-state index in [4.69, 9.17) is 0 Å². The first-order valence-corrected chi connectivity index (χ1v) is 9.07. The van der Waals surface area contributed by atoms with Gasteiger partial charge in [-0.15, -0.1) is 11.3 Å². The van der Waals surface area contributed by atoms with Crippen LogP contribution in [0.1, 0.15) is 88.8 Å². The van der Waals surface area contributed by atoms with Crippen LogP contribution >= 0.6 is 11.3 Å². The fourth-order valence-corrected chi connectivity index (χ4v) is 4.13. The lowest BCUT2D eigenvalue weighted by atomic mass is 9.79. The third kappa shape index (κ3) is 5.30. The van der Waals surface area contributed by atoms with Gasteiger partial charge in [-0.1, -0.05) is 59.8 Å². The lowest BCUT2D eigenvalue weighted by Crippen LogP contribution is -2.20. The molecule has 0 nitrogen and oxygen atoms in total. The van der Waals surface area contributed by atoms with Crippen molar-refractivity contribution in [1.29, 1.82) is 0 Å². The van der Waals surface area contributed by atoms with Crippen molar-refractivity contribution in [2.75, 3.05) is 0 Å². The molecule has 0 aliphatic rings. The minimum atomic E-state index is 0.430. The molecule has 0 aromatic carbocycles. The molecule has 1 heterocycles. The van der Waals surface area contributed by atoms with Crippen molar-refractivity contribution in [3.8, 4) is 0 Å². The van der Waals surface area contributed by atoms with Gasteiger partial charge in [0, 0.05) is 15.2 Å². The molecular formula is C18H32S. The molecular weight excluding hydrogens is 248 g/mol. The van der Waals surface area contributed by atoms with E-state index in [1.807, 2.05) is 0 Å². The summed E-state index contributed by atoms with van der Waals surface area (Å²) < 4.78 is 0. The van der Waals surface area contributed by atoms with Gasteiger partial charge in [-0.2, -0.15) is 0 Å². The average Bonchev–Trinajstić information content (AvgIpc) is 2.86. The predicted molar refractivity (Wildman–Crippen MR) is 89.3 cm³/mol. The quantitative estimate of drug-likeness (QED) is 0.417. The van der Waals surface area contributed by atoms with Crippen LogP contribution < -0.4 is 0 Å². The fourth-order valence-electron chi connectivity index (χ4n) is 2.88. The Labute approximate surface area is 124 Å². The second kappa shape index (κ2) is 8.79. The highest BCUT2D eigenvalue weighted by molar-refractivity contribution is 7.12. The van der Waals surface area contributed by atoms with E-state index in [9.17, 15) is 0 Å². The van der Waals surface area contributed by atoms with Gasteiger partial charge in [0.15, 0.2) is 0 Å². The molecule has 0 aliphatic carbocycles. The van der Waals surface area contributed by atoms with Gasteiger partial charge >= 0.3 is 0 Å². The summed E-state index contributed by atoms with van der Waals surface area (Å²) in [5.74, 6) is 0. The summed E-state index contributed by atoms with van der Waals surface area (Å²) in [6.45, 7) is 9.39. The molecule has 110 valence electrons. The minimum absolute atomic E-state index is 0.430. The van der Waals surface area contributed by atoms with Crippen LogP contribution in [-0.4, -0.2) is 0 Å². The SMILES string of the molecule is CCCCCC(C)(CCC)c1ccc(CCCC)s1. The van der Waals surface area contributed by atoms with Crippen LogP contribution in [0.4, 0.5) is 0 Å². The van der Waals surface area contributed by atoms with Crippen LogP contribution in [0.5, 0.6) is 0 Å². The molecule has 1 aromatic heterocycles. The van der Waals surface area contributed by atoms with Crippen LogP contribution in [-0.2, 0) is 11.8 Å². The Morgan fingerprint density at radius 1 is 0.895 bits per heavy atom. The third-order valence-corrected chi connectivity index (χ3v) is 5.62. The maximum absolute atomic E-state index is 2.49. The van der Waals surface area contributed by atoms with Crippen LogP contribution in [0.15, 0.2) is 12.1 Å². The maximum atomic E-state index is 2.49. The number of thiophene rings is 1. The summed E-state index contributed by atoms with van der Waals surface area (Å²) in [4.78, 5) is 3.23. The van der Waals surface area contributed by atoms with Gasteiger partial charge in [0.05, 0.1) is 0 Å². The lowest BCUT2D eigenvalue weighted by molar-refractivity contribution is 0.385. The second-order valence-corrected chi connectivity index (χ2v) is 7.31. The summed E-state index contributed by atoms with van der Waals surface area (Å²) >= 11 is 2.08. The smallest absolute Gasteiger partial charge is 0.0107 e. The first kappa shape index (κ1) is 16.8. The molecule has 1 aromatic rings. The third-order valence-electron chi connectivity index (χ3n) is 4.17. The van der Waals surface area contributed by atoms with E-state index in [2.05, 4.69) is 51.2 Å². The summed E-state index contributed by atoms with van der Waals surface area (Å²) in [6, 6.07) is 4.79. The zero-order valence-electron chi connectivity index (χ0n) is 13.4. The molecule has 0 amide bonds. The molecule has 0 saturated heterocycles. The molecule has 0 aliphatic heterocycles. The standard InChI is InChI=1S/C18H32S/c1-5-8-10-15-18(4,14-7-3)17-13-12-16(19-17)11-9-6-2/h12-13H,5-11,14-15H2,1-4H3. The number of rotatable bonds is 10. The van der Waals surface area contributed by atoms with Crippen molar-refractivity contribution in [3.05, 3.63) is 21.9 Å². The predicted octanol–water partition coefficient (Wildman–Crippen LogP) is 6.73. The van der Waals surface area contributed by atoms with Gasteiger partial charge in [0.2, 0.25) is 0 Å². The van der Waals surface area contributed by atoms with Crippen molar-refractivity contribution in [2.45, 2.75) is 90.9 Å². The van der Waals surface area contributed by atoms with Gasteiger partial charge in [-0.05, 0) is 37.8 Å². The molecule has 1 rings (SSSR count). The van der Waals surface area contributed by atoms with Crippen molar-refractivity contribution in [2.24, 2.45) is 0 Å². The fraction of sp³-hybridized carbons (Fsp3) is 0.778. The summed E-state index contributed by atoms with van der Waals surface area (Å²) in [5.41, 5.74) is 0.430. The Kier molecular flexibility index (Phi) is 7.75. The van der Waals surface area contributed by atoms with Gasteiger partial charge in [0.1, 0.15) is 0 Å². The normalized spacial score (nSPS) is 14.5. The summed E-state index contributed by atoms with van der Waals surface area (Å²) in [7, 11) is 0. The van der Waals surface area contributed by atoms with Crippen molar-refractivity contribution >= 4 is 11.3 Å². The molecule has 0 fully saturated rings. The maximum Gasteiger partial charge on any atom is 0.0107 e. The van der Waals surface area contributed by atoms with E-state index in [0.29, 0.717) is 5.41 Å². The molecule has 0 spiro atoms. The molecule has 0 N–H and O–H groups in total. The molecule has 1 atom stereocenters. The van der Waals surface area contributed by atoms with Crippen LogP contribution in [0.2, 0.25) is 0 Å². The molecule has 19 heavy (non-hydrogen) atoms. The van der Waals surface area contributed by atoms with Gasteiger partial charge < -0.3 is 0 Å². The van der Waals surface area contributed by atoms with E-state index in [0.717, 1.165) is 0 Å². The summed E-state index contributed by atoms with van der Waals surface area (Å²) in [5, 5.41) is 0.